The minimum absolute atomic E-state index is 0. The Kier molecular flexibility index (Phi) is 8.60. The Labute approximate surface area is 150 Å². The largest absolute Gasteiger partial charge is 0.494 e. The fraction of sp³-hybridized carbons (Fsp3) is 0.588. The van der Waals surface area contributed by atoms with Gasteiger partial charge in [-0.25, -0.2) is 4.99 Å². The van der Waals surface area contributed by atoms with Crippen molar-refractivity contribution in [3.63, 3.8) is 0 Å². The molecule has 22 heavy (non-hydrogen) atoms. The smallest absolute Gasteiger partial charge is 0.189 e. The molecule has 1 aliphatic rings. The summed E-state index contributed by atoms with van der Waals surface area (Å²) >= 11 is 0. The van der Waals surface area contributed by atoms with Crippen molar-refractivity contribution in [1.82, 2.24) is 5.32 Å². The molecule has 0 bridgehead atoms. The standard InChI is InChI=1S/C17H27N3O.HI/c1-3-21-16-10-9-14(11-13(16)2)12-19-17(18)20-15-7-5-4-6-8-15;/h9-11,15H,3-8,12H2,1-2H3,(H3,18,19,20);1H. The molecule has 0 amide bonds. The fourth-order valence-electron chi connectivity index (χ4n) is 2.81. The minimum atomic E-state index is 0. The van der Waals surface area contributed by atoms with Crippen molar-refractivity contribution >= 4 is 29.9 Å². The highest BCUT2D eigenvalue weighted by atomic mass is 127. The van der Waals surface area contributed by atoms with Crippen molar-refractivity contribution in [3.8, 4) is 5.75 Å². The molecule has 2 rings (SSSR count). The molecule has 4 nitrogen and oxygen atoms in total. The van der Waals surface area contributed by atoms with E-state index in [-0.39, 0.29) is 24.0 Å². The number of aliphatic imine (C=N–C) groups is 1. The number of hydrogen-bond donors (Lipinski definition) is 2. The predicted molar refractivity (Wildman–Crippen MR) is 103 cm³/mol. The fourth-order valence-corrected chi connectivity index (χ4v) is 2.81. The molecule has 0 unspecified atom stereocenters. The molecular formula is C17H28IN3O. The number of benzene rings is 1. The zero-order valence-electron chi connectivity index (χ0n) is 13.6. The van der Waals surface area contributed by atoms with E-state index < -0.39 is 0 Å². The number of ether oxygens (including phenoxy) is 1. The Bertz CT molecular complexity index is 485. The van der Waals surface area contributed by atoms with Crippen LogP contribution in [0, 0.1) is 6.92 Å². The highest BCUT2D eigenvalue weighted by Crippen LogP contribution is 2.20. The Morgan fingerprint density at radius 1 is 1.32 bits per heavy atom. The average Bonchev–Trinajstić information content (AvgIpc) is 2.49. The second-order valence-corrected chi connectivity index (χ2v) is 5.71. The maximum Gasteiger partial charge on any atom is 0.189 e. The molecule has 0 aromatic heterocycles. The van der Waals surface area contributed by atoms with Crippen molar-refractivity contribution in [2.45, 2.75) is 58.5 Å². The third-order valence-electron chi connectivity index (χ3n) is 3.93. The summed E-state index contributed by atoms with van der Waals surface area (Å²) in [6.45, 7) is 5.35. The molecule has 1 aliphatic carbocycles. The van der Waals surface area contributed by atoms with Crippen LogP contribution in [0.5, 0.6) is 5.75 Å². The number of aryl methyl sites for hydroxylation is 1. The van der Waals surface area contributed by atoms with Gasteiger partial charge in [-0.15, -0.1) is 24.0 Å². The Morgan fingerprint density at radius 3 is 2.68 bits per heavy atom. The molecule has 0 radical (unpaired) electrons. The molecule has 0 atom stereocenters. The molecule has 5 heteroatoms. The molecular weight excluding hydrogens is 389 g/mol. The molecule has 3 N–H and O–H groups in total. The number of rotatable bonds is 5. The molecule has 1 fully saturated rings. The van der Waals surface area contributed by atoms with Crippen LogP contribution >= 0.6 is 24.0 Å². The van der Waals surface area contributed by atoms with Crippen molar-refractivity contribution in [2.75, 3.05) is 6.61 Å². The Balaban J connectivity index is 0.00000242. The normalized spacial score (nSPS) is 16.0. The van der Waals surface area contributed by atoms with Crippen molar-refractivity contribution in [3.05, 3.63) is 29.3 Å². The van der Waals surface area contributed by atoms with Crippen LogP contribution in [0.2, 0.25) is 0 Å². The van der Waals surface area contributed by atoms with Gasteiger partial charge in [0.2, 0.25) is 0 Å². The van der Waals surface area contributed by atoms with Crippen molar-refractivity contribution < 1.29 is 4.74 Å². The van der Waals surface area contributed by atoms with E-state index >= 15 is 0 Å². The van der Waals surface area contributed by atoms with Gasteiger partial charge in [0, 0.05) is 6.04 Å². The topological polar surface area (TPSA) is 59.6 Å². The highest BCUT2D eigenvalue weighted by Gasteiger charge is 2.13. The van der Waals surface area contributed by atoms with Gasteiger partial charge in [-0.2, -0.15) is 0 Å². The molecule has 0 aliphatic heterocycles. The first kappa shape index (κ1) is 19.1. The lowest BCUT2D eigenvalue weighted by Crippen LogP contribution is -2.41. The maximum absolute atomic E-state index is 5.98. The zero-order chi connectivity index (χ0) is 15.1. The van der Waals surface area contributed by atoms with Crippen molar-refractivity contribution in [2.24, 2.45) is 10.7 Å². The van der Waals surface area contributed by atoms with Crippen LogP contribution in [0.3, 0.4) is 0 Å². The summed E-state index contributed by atoms with van der Waals surface area (Å²) in [7, 11) is 0. The van der Waals surface area contributed by atoms with Crippen LogP contribution in [-0.4, -0.2) is 18.6 Å². The molecule has 0 heterocycles. The molecule has 1 aromatic carbocycles. The predicted octanol–water partition coefficient (Wildman–Crippen LogP) is 3.75. The van der Waals surface area contributed by atoms with Gasteiger partial charge < -0.3 is 15.8 Å². The zero-order valence-corrected chi connectivity index (χ0v) is 15.9. The number of nitrogens with zero attached hydrogens (tertiary/aromatic N) is 1. The van der Waals surface area contributed by atoms with Gasteiger partial charge in [-0.1, -0.05) is 31.4 Å². The second kappa shape index (κ2) is 9.92. The summed E-state index contributed by atoms with van der Waals surface area (Å²) < 4.78 is 5.54. The summed E-state index contributed by atoms with van der Waals surface area (Å²) in [4.78, 5) is 4.45. The molecule has 1 saturated carbocycles. The molecule has 0 spiro atoms. The lowest BCUT2D eigenvalue weighted by molar-refractivity contribution is 0.338. The minimum Gasteiger partial charge on any atom is -0.494 e. The van der Waals surface area contributed by atoms with E-state index in [2.05, 4.69) is 29.4 Å². The first-order chi connectivity index (χ1) is 10.2. The first-order valence-electron chi connectivity index (χ1n) is 7.98. The van der Waals surface area contributed by atoms with Gasteiger partial charge in [0.15, 0.2) is 5.96 Å². The van der Waals surface area contributed by atoms with E-state index in [1.54, 1.807) is 0 Å². The monoisotopic (exact) mass is 417 g/mol. The summed E-state index contributed by atoms with van der Waals surface area (Å²) in [5.74, 6) is 1.51. The summed E-state index contributed by atoms with van der Waals surface area (Å²) in [5, 5.41) is 3.34. The lowest BCUT2D eigenvalue weighted by Gasteiger charge is -2.23. The van der Waals surface area contributed by atoms with Gasteiger partial charge in [0.1, 0.15) is 5.75 Å². The third kappa shape index (κ3) is 6.02. The summed E-state index contributed by atoms with van der Waals surface area (Å²) in [5.41, 5.74) is 8.28. The van der Waals surface area contributed by atoms with Crippen LogP contribution in [0.4, 0.5) is 0 Å². The number of halogens is 1. The number of nitrogens with two attached hydrogens (primary N) is 1. The van der Waals surface area contributed by atoms with E-state index in [9.17, 15) is 0 Å². The van der Waals surface area contributed by atoms with E-state index in [1.165, 1.54) is 32.1 Å². The van der Waals surface area contributed by atoms with Gasteiger partial charge in [0.25, 0.3) is 0 Å². The molecule has 1 aromatic rings. The van der Waals surface area contributed by atoms with E-state index in [0.29, 0.717) is 25.2 Å². The van der Waals surface area contributed by atoms with Gasteiger partial charge in [-0.3, -0.25) is 0 Å². The Hall–Kier alpha value is -0.980. The molecule has 124 valence electrons. The second-order valence-electron chi connectivity index (χ2n) is 5.71. The molecule has 0 saturated heterocycles. The SMILES string of the molecule is CCOc1ccc(CN=C(N)NC2CCCCC2)cc1C.I. The number of hydrogen-bond acceptors (Lipinski definition) is 2. The quantitative estimate of drug-likeness (QED) is 0.436. The Morgan fingerprint density at radius 2 is 2.05 bits per heavy atom. The third-order valence-corrected chi connectivity index (χ3v) is 3.93. The van der Waals surface area contributed by atoms with Crippen LogP contribution in [0.25, 0.3) is 0 Å². The van der Waals surface area contributed by atoms with Gasteiger partial charge >= 0.3 is 0 Å². The number of nitrogens with one attached hydrogen (secondary N) is 1. The summed E-state index contributed by atoms with van der Waals surface area (Å²) in [6, 6.07) is 6.68. The lowest BCUT2D eigenvalue weighted by atomic mass is 9.96. The average molecular weight is 417 g/mol. The van der Waals surface area contributed by atoms with E-state index in [0.717, 1.165) is 16.9 Å². The van der Waals surface area contributed by atoms with Gasteiger partial charge in [0.05, 0.1) is 13.2 Å². The van der Waals surface area contributed by atoms with E-state index in [1.807, 2.05) is 13.0 Å². The maximum atomic E-state index is 5.98. The van der Waals surface area contributed by atoms with Crippen molar-refractivity contribution in [1.29, 1.82) is 0 Å². The van der Waals surface area contributed by atoms with Crippen LogP contribution in [-0.2, 0) is 6.54 Å². The number of guanidine groups is 1. The van der Waals surface area contributed by atoms with E-state index in [4.69, 9.17) is 10.5 Å². The highest BCUT2D eigenvalue weighted by molar-refractivity contribution is 14.0. The van der Waals surface area contributed by atoms with Crippen LogP contribution in [0.1, 0.15) is 50.2 Å². The van der Waals surface area contributed by atoms with Crippen LogP contribution < -0.4 is 15.8 Å². The summed E-state index contributed by atoms with van der Waals surface area (Å²) in [6.07, 6.45) is 6.35. The first-order valence-corrected chi connectivity index (χ1v) is 7.98. The van der Waals surface area contributed by atoms with Gasteiger partial charge in [-0.05, 0) is 43.9 Å². The van der Waals surface area contributed by atoms with Crippen LogP contribution in [0.15, 0.2) is 23.2 Å².